The first-order chi connectivity index (χ1) is 11.4. The predicted octanol–water partition coefficient (Wildman–Crippen LogP) is 2.65. The van der Waals surface area contributed by atoms with Crippen LogP contribution in [0.15, 0.2) is 48.2 Å². The number of ketones is 1. The third-order valence-electron chi connectivity index (χ3n) is 3.28. The Bertz CT molecular complexity index is 943. The summed E-state index contributed by atoms with van der Waals surface area (Å²) in [5, 5.41) is 0. The second-order valence-electron chi connectivity index (χ2n) is 5.16. The third kappa shape index (κ3) is 3.41. The number of fused-ring (bicyclic) bond motifs is 1. The van der Waals surface area contributed by atoms with Crippen molar-refractivity contribution in [2.75, 3.05) is 13.4 Å². The summed E-state index contributed by atoms with van der Waals surface area (Å²) in [6, 6.07) is 11.3. The van der Waals surface area contributed by atoms with Gasteiger partial charge in [-0.15, -0.1) is 0 Å². The summed E-state index contributed by atoms with van der Waals surface area (Å²) in [5.74, 6) is 1.08. The van der Waals surface area contributed by atoms with Gasteiger partial charge in [0.2, 0.25) is 5.78 Å². The average Bonchev–Trinajstić information content (AvgIpc) is 2.81. The molecule has 2 aromatic carbocycles. The molecule has 0 unspecified atom stereocenters. The zero-order valence-corrected chi connectivity index (χ0v) is 13.8. The van der Waals surface area contributed by atoms with Gasteiger partial charge in [0.1, 0.15) is 17.2 Å². The number of methoxy groups -OCH3 is 1. The summed E-state index contributed by atoms with van der Waals surface area (Å²) in [7, 11) is -2.09. The van der Waals surface area contributed by atoms with Crippen molar-refractivity contribution in [3.05, 3.63) is 59.4 Å². The summed E-state index contributed by atoms with van der Waals surface area (Å²) >= 11 is 0. The molecule has 0 saturated carbocycles. The van der Waals surface area contributed by atoms with Crippen molar-refractivity contribution in [3.8, 4) is 17.2 Å². The summed E-state index contributed by atoms with van der Waals surface area (Å²) in [6.07, 6.45) is 2.50. The molecule has 7 heteroatoms. The Kier molecular flexibility index (Phi) is 4.02. The van der Waals surface area contributed by atoms with Crippen LogP contribution in [0.1, 0.15) is 15.9 Å². The van der Waals surface area contributed by atoms with Crippen LogP contribution in [0.3, 0.4) is 0 Å². The molecule has 2 aromatic rings. The molecule has 0 atom stereocenters. The fraction of sp³-hybridized carbons (Fsp3) is 0.118. The van der Waals surface area contributed by atoms with Crippen molar-refractivity contribution >= 4 is 22.0 Å². The van der Waals surface area contributed by atoms with Crippen LogP contribution in [-0.2, 0) is 10.1 Å². The molecular weight excluding hydrogens is 332 g/mol. The first-order valence-corrected chi connectivity index (χ1v) is 8.79. The number of carbonyl (C=O) groups excluding carboxylic acids is 1. The number of rotatable bonds is 4. The molecule has 1 aliphatic rings. The molecular formula is C17H14O6S. The largest absolute Gasteiger partial charge is 0.497 e. The minimum atomic E-state index is -3.62. The highest BCUT2D eigenvalue weighted by Crippen LogP contribution is 2.34. The molecule has 0 N–H and O–H groups in total. The van der Waals surface area contributed by atoms with E-state index in [2.05, 4.69) is 0 Å². The van der Waals surface area contributed by atoms with Crippen molar-refractivity contribution in [3.63, 3.8) is 0 Å². The standard InChI is InChI=1S/C17H14O6S/c1-21-12-6-7-14-15(10-12)22-16(17(14)18)9-11-4-3-5-13(8-11)23-24(2,19)20/h3-10H,1-2H3. The summed E-state index contributed by atoms with van der Waals surface area (Å²) in [5.41, 5.74) is 1.03. The normalized spacial score (nSPS) is 15.1. The molecule has 24 heavy (non-hydrogen) atoms. The molecule has 0 fully saturated rings. The van der Waals surface area contributed by atoms with E-state index in [9.17, 15) is 13.2 Å². The molecule has 0 aromatic heterocycles. The molecule has 0 amide bonds. The van der Waals surface area contributed by atoms with Gasteiger partial charge in [-0.3, -0.25) is 4.79 Å². The lowest BCUT2D eigenvalue weighted by atomic mass is 10.1. The number of benzene rings is 2. The van der Waals surface area contributed by atoms with Crippen LogP contribution in [0, 0.1) is 0 Å². The van der Waals surface area contributed by atoms with Gasteiger partial charge in [0.15, 0.2) is 5.76 Å². The quantitative estimate of drug-likeness (QED) is 0.625. The molecule has 6 nitrogen and oxygen atoms in total. The molecule has 3 rings (SSSR count). The van der Waals surface area contributed by atoms with Crippen LogP contribution < -0.4 is 13.7 Å². The van der Waals surface area contributed by atoms with Gasteiger partial charge in [-0.05, 0) is 35.9 Å². The van der Waals surface area contributed by atoms with E-state index in [0.717, 1.165) is 6.26 Å². The summed E-state index contributed by atoms with van der Waals surface area (Å²) in [6.45, 7) is 0. The Balaban J connectivity index is 1.90. The second kappa shape index (κ2) is 6.01. The van der Waals surface area contributed by atoms with Gasteiger partial charge in [0.05, 0.1) is 18.9 Å². The summed E-state index contributed by atoms with van der Waals surface area (Å²) < 4.78 is 37.9. The number of ether oxygens (including phenoxy) is 2. The van der Waals surface area contributed by atoms with E-state index < -0.39 is 10.1 Å². The van der Waals surface area contributed by atoms with Crippen LogP contribution >= 0.6 is 0 Å². The van der Waals surface area contributed by atoms with Crippen molar-refractivity contribution in [1.29, 1.82) is 0 Å². The average molecular weight is 346 g/mol. The molecule has 0 spiro atoms. The topological polar surface area (TPSA) is 78.9 Å². The van der Waals surface area contributed by atoms with E-state index in [4.69, 9.17) is 13.7 Å². The van der Waals surface area contributed by atoms with Gasteiger partial charge >= 0.3 is 10.1 Å². The lowest BCUT2D eigenvalue weighted by molar-refractivity contribution is 0.101. The molecule has 0 radical (unpaired) electrons. The van der Waals surface area contributed by atoms with Crippen LogP contribution in [0.5, 0.6) is 17.2 Å². The van der Waals surface area contributed by atoms with E-state index >= 15 is 0 Å². The Morgan fingerprint density at radius 2 is 1.88 bits per heavy atom. The Morgan fingerprint density at radius 3 is 2.58 bits per heavy atom. The number of hydrogen-bond acceptors (Lipinski definition) is 6. The van der Waals surface area contributed by atoms with Crippen molar-refractivity contribution in [2.45, 2.75) is 0 Å². The van der Waals surface area contributed by atoms with Gasteiger partial charge in [-0.25, -0.2) is 0 Å². The number of allylic oxidation sites excluding steroid dienone is 1. The number of carbonyl (C=O) groups is 1. The number of Topliss-reactive ketones (excluding diaryl/α,β-unsaturated/α-hetero) is 1. The van der Waals surface area contributed by atoms with E-state index in [0.29, 0.717) is 22.6 Å². The maximum atomic E-state index is 12.4. The zero-order chi connectivity index (χ0) is 17.3. The van der Waals surface area contributed by atoms with Gasteiger partial charge in [0.25, 0.3) is 0 Å². The van der Waals surface area contributed by atoms with Gasteiger partial charge < -0.3 is 13.7 Å². The van der Waals surface area contributed by atoms with E-state index in [1.165, 1.54) is 25.3 Å². The first-order valence-electron chi connectivity index (χ1n) is 6.97. The van der Waals surface area contributed by atoms with Crippen molar-refractivity contribution in [2.24, 2.45) is 0 Å². The van der Waals surface area contributed by atoms with Gasteiger partial charge in [-0.2, -0.15) is 8.42 Å². The molecule has 124 valence electrons. The fourth-order valence-corrected chi connectivity index (χ4v) is 2.73. The minimum Gasteiger partial charge on any atom is -0.497 e. The zero-order valence-electron chi connectivity index (χ0n) is 13.0. The van der Waals surface area contributed by atoms with E-state index in [1.54, 1.807) is 30.3 Å². The smallest absolute Gasteiger partial charge is 0.306 e. The SMILES string of the molecule is COc1ccc2c(c1)OC(=Cc1cccc(OS(C)(=O)=O)c1)C2=O. The summed E-state index contributed by atoms with van der Waals surface area (Å²) in [4.78, 5) is 12.4. The van der Waals surface area contributed by atoms with E-state index in [1.807, 2.05) is 0 Å². The van der Waals surface area contributed by atoms with Crippen LogP contribution in [-0.4, -0.2) is 27.6 Å². The molecule has 0 saturated heterocycles. The fourth-order valence-electron chi connectivity index (χ4n) is 2.28. The minimum absolute atomic E-state index is 0.148. The molecule has 0 bridgehead atoms. The van der Waals surface area contributed by atoms with Crippen LogP contribution in [0.25, 0.3) is 6.08 Å². The molecule has 1 aliphatic heterocycles. The maximum absolute atomic E-state index is 12.4. The monoisotopic (exact) mass is 346 g/mol. The molecule has 0 aliphatic carbocycles. The van der Waals surface area contributed by atoms with Gasteiger partial charge in [-0.1, -0.05) is 12.1 Å². The highest BCUT2D eigenvalue weighted by Gasteiger charge is 2.27. The maximum Gasteiger partial charge on any atom is 0.306 e. The lowest BCUT2D eigenvalue weighted by Crippen LogP contribution is -2.05. The molecule has 1 heterocycles. The Labute approximate surface area is 139 Å². The number of hydrogen-bond donors (Lipinski definition) is 0. The Morgan fingerprint density at radius 1 is 1.08 bits per heavy atom. The van der Waals surface area contributed by atoms with Crippen molar-refractivity contribution in [1.82, 2.24) is 0 Å². The second-order valence-corrected chi connectivity index (χ2v) is 6.74. The van der Waals surface area contributed by atoms with Gasteiger partial charge in [0, 0.05) is 6.07 Å². The highest BCUT2D eigenvalue weighted by molar-refractivity contribution is 7.86. The van der Waals surface area contributed by atoms with E-state index in [-0.39, 0.29) is 17.3 Å². The lowest BCUT2D eigenvalue weighted by Gasteiger charge is -2.04. The Hall–Kier alpha value is -2.80. The predicted molar refractivity (Wildman–Crippen MR) is 87.8 cm³/mol. The third-order valence-corrected chi connectivity index (χ3v) is 3.78. The highest BCUT2D eigenvalue weighted by atomic mass is 32.2. The van der Waals surface area contributed by atoms with Crippen molar-refractivity contribution < 1.29 is 26.9 Å². The van der Waals surface area contributed by atoms with Crippen LogP contribution in [0.2, 0.25) is 0 Å². The van der Waals surface area contributed by atoms with Crippen LogP contribution in [0.4, 0.5) is 0 Å². The first kappa shape index (κ1) is 16.1.